The number of carbonyl (C=O) groups excluding carboxylic acids is 1. The maximum Gasteiger partial charge on any atom is 0.225 e. The molecule has 3 nitrogen and oxygen atoms in total. The Morgan fingerprint density at radius 1 is 1.26 bits per heavy atom. The van der Waals surface area contributed by atoms with E-state index in [1.807, 2.05) is 38.3 Å². The third-order valence-corrected chi connectivity index (χ3v) is 4.41. The molecule has 1 N–H and O–H groups in total. The summed E-state index contributed by atoms with van der Waals surface area (Å²) in [5, 5.41) is 4.95. The Hall–Kier alpha value is -1.88. The van der Waals surface area contributed by atoms with Crippen molar-refractivity contribution in [3.63, 3.8) is 0 Å². The molecule has 23 heavy (non-hydrogen) atoms. The van der Waals surface area contributed by atoms with Crippen LogP contribution in [0.5, 0.6) is 5.75 Å². The molecule has 1 unspecified atom stereocenters. The number of carbonyl (C=O) groups is 1. The van der Waals surface area contributed by atoms with Gasteiger partial charge in [-0.05, 0) is 29.0 Å². The highest BCUT2D eigenvalue weighted by atomic mass is 32.1. The van der Waals surface area contributed by atoms with Crippen LogP contribution in [0.25, 0.3) is 0 Å². The first-order chi connectivity index (χ1) is 10.9. The lowest BCUT2D eigenvalue weighted by molar-refractivity contribution is -0.122. The van der Waals surface area contributed by atoms with E-state index in [1.54, 1.807) is 29.5 Å². The van der Waals surface area contributed by atoms with Crippen LogP contribution in [0.15, 0.2) is 41.8 Å². The average Bonchev–Trinajstić information content (AvgIpc) is 2.96. The van der Waals surface area contributed by atoms with E-state index in [-0.39, 0.29) is 29.7 Å². The summed E-state index contributed by atoms with van der Waals surface area (Å²) in [5.41, 5.74) is -0.198. The third kappa shape index (κ3) is 5.36. The summed E-state index contributed by atoms with van der Waals surface area (Å²) in [6, 6.07) is 9.93. The Labute approximate surface area is 140 Å². The number of rotatable bonds is 6. The van der Waals surface area contributed by atoms with Crippen LogP contribution < -0.4 is 10.1 Å². The number of benzene rings is 1. The molecule has 1 aromatic carbocycles. The van der Waals surface area contributed by atoms with E-state index < -0.39 is 5.82 Å². The van der Waals surface area contributed by atoms with E-state index in [0.717, 1.165) is 4.88 Å². The molecule has 1 aromatic heterocycles. The molecule has 124 valence electrons. The number of amides is 1. The highest BCUT2D eigenvalue weighted by Gasteiger charge is 2.27. The maximum atomic E-state index is 13.6. The Balaban J connectivity index is 1.97. The Morgan fingerprint density at radius 3 is 2.61 bits per heavy atom. The molecule has 0 aliphatic rings. The van der Waals surface area contributed by atoms with Crippen molar-refractivity contribution in [2.45, 2.75) is 33.2 Å². The molecule has 1 amide bonds. The summed E-state index contributed by atoms with van der Waals surface area (Å²) in [4.78, 5) is 13.2. The molecule has 0 aliphatic heterocycles. The fraction of sp³-hybridized carbons (Fsp3) is 0.389. The Morgan fingerprint density at radius 2 is 2.00 bits per heavy atom. The van der Waals surface area contributed by atoms with E-state index in [2.05, 4.69) is 5.32 Å². The number of nitrogens with one attached hydrogen (secondary N) is 1. The fourth-order valence-corrected chi connectivity index (χ4v) is 2.76. The van der Waals surface area contributed by atoms with Gasteiger partial charge in [0, 0.05) is 4.88 Å². The number of hydrogen-bond donors (Lipinski definition) is 1. The minimum atomic E-state index is -0.398. The summed E-state index contributed by atoms with van der Waals surface area (Å²) < 4.78 is 19.2. The molecular formula is C18H22FNO2S. The third-order valence-electron chi connectivity index (χ3n) is 3.54. The largest absolute Gasteiger partial charge is 0.488 e. The van der Waals surface area contributed by atoms with Gasteiger partial charge < -0.3 is 10.1 Å². The summed E-state index contributed by atoms with van der Waals surface area (Å²) in [5.74, 6) is -0.246. The normalized spacial score (nSPS) is 12.7. The van der Waals surface area contributed by atoms with E-state index in [9.17, 15) is 9.18 Å². The standard InChI is InChI=1S/C18H22FNO2S/c1-18(2,3)16(12-22-15-9-5-4-8-14(15)19)20-17(21)11-13-7-6-10-23-13/h4-10,16H,11-12H2,1-3H3,(H,20,21). The van der Waals surface area contributed by atoms with E-state index in [0.29, 0.717) is 6.42 Å². The molecule has 1 atom stereocenters. The predicted octanol–water partition coefficient (Wildman–Crippen LogP) is 4.04. The van der Waals surface area contributed by atoms with Crippen molar-refractivity contribution >= 4 is 17.2 Å². The van der Waals surface area contributed by atoms with Crippen molar-refractivity contribution in [3.05, 3.63) is 52.5 Å². The molecule has 0 saturated carbocycles. The predicted molar refractivity (Wildman–Crippen MR) is 91.3 cm³/mol. The van der Waals surface area contributed by atoms with E-state index in [4.69, 9.17) is 4.74 Å². The smallest absolute Gasteiger partial charge is 0.225 e. The van der Waals surface area contributed by atoms with Crippen LogP contribution in [0.3, 0.4) is 0 Å². The molecule has 0 aliphatic carbocycles. The first-order valence-electron chi connectivity index (χ1n) is 7.55. The molecule has 2 rings (SSSR count). The monoisotopic (exact) mass is 335 g/mol. The molecule has 0 bridgehead atoms. The van der Waals surface area contributed by atoms with Crippen molar-refractivity contribution in [3.8, 4) is 5.75 Å². The van der Waals surface area contributed by atoms with Crippen molar-refractivity contribution in [2.24, 2.45) is 5.41 Å². The van der Waals surface area contributed by atoms with Gasteiger partial charge in [0.15, 0.2) is 11.6 Å². The Kier molecular flexibility index (Phi) is 5.77. The molecule has 0 spiro atoms. The van der Waals surface area contributed by atoms with E-state index >= 15 is 0 Å². The lowest BCUT2D eigenvalue weighted by atomic mass is 9.87. The second-order valence-electron chi connectivity index (χ2n) is 6.48. The molecule has 0 radical (unpaired) electrons. The maximum absolute atomic E-state index is 13.6. The van der Waals surface area contributed by atoms with Crippen molar-refractivity contribution < 1.29 is 13.9 Å². The summed E-state index contributed by atoms with van der Waals surface area (Å²) in [7, 11) is 0. The molecule has 2 aromatic rings. The van der Waals surface area contributed by atoms with Gasteiger partial charge in [0.05, 0.1) is 12.5 Å². The molecule has 5 heteroatoms. The van der Waals surface area contributed by atoms with Crippen LogP contribution in [0.2, 0.25) is 0 Å². The van der Waals surface area contributed by atoms with Gasteiger partial charge in [0.2, 0.25) is 5.91 Å². The number of para-hydroxylation sites is 1. The second kappa shape index (κ2) is 7.59. The van der Waals surface area contributed by atoms with Gasteiger partial charge in [-0.1, -0.05) is 39.0 Å². The second-order valence-corrected chi connectivity index (χ2v) is 7.52. The van der Waals surface area contributed by atoms with Gasteiger partial charge in [-0.15, -0.1) is 11.3 Å². The van der Waals surface area contributed by atoms with E-state index in [1.165, 1.54) is 6.07 Å². The van der Waals surface area contributed by atoms with Gasteiger partial charge in [0.1, 0.15) is 6.61 Å². The number of ether oxygens (including phenoxy) is 1. The zero-order valence-electron chi connectivity index (χ0n) is 13.6. The Bertz CT molecular complexity index is 635. The molecule has 0 saturated heterocycles. The highest BCUT2D eigenvalue weighted by molar-refractivity contribution is 7.10. The van der Waals surface area contributed by atoms with Crippen LogP contribution in [0.4, 0.5) is 4.39 Å². The number of hydrogen-bond acceptors (Lipinski definition) is 3. The van der Waals surface area contributed by atoms with Crippen LogP contribution >= 0.6 is 11.3 Å². The van der Waals surface area contributed by atoms with Gasteiger partial charge in [-0.25, -0.2) is 4.39 Å². The van der Waals surface area contributed by atoms with Gasteiger partial charge in [-0.3, -0.25) is 4.79 Å². The first-order valence-corrected chi connectivity index (χ1v) is 8.43. The topological polar surface area (TPSA) is 38.3 Å². The minimum Gasteiger partial charge on any atom is -0.488 e. The van der Waals surface area contributed by atoms with Crippen molar-refractivity contribution in [2.75, 3.05) is 6.61 Å². The van der Waals surface area contributed by atoms with Crippen LogP contribution in [-0.2, 0) is 11.2 Å². The lowest BCUT2D eigenvalue weighted by Crippen LogP contribution is -2.48. The molecule has 0 fully saturated rings. The van der Waals surface area contributed by atoms with Gasteiger partial charge in [0.25, 0.3) is 0 Å². The zero-order valence-corrected chi connectivity index (χ0v) is 14.5. The summed E-state index contributed by atoms with van der Waals surface area (Å²) >= 11 is 1.56. The fourth-order valence-electron chi connectivity index (χ4n) is 2.06. The van der Waals surface area contributed by atoms with Gasteiger partial charge >= 0.3 is 0 Å². The SMILES string of the molecule is CC(C)(C)C(COc1ccccc1F)NC(=O)Cc1cccs1. The quantitative estimate of drug-likeness (QED) is 0.865. The summed E-state index contributed by atoms with van der Waals surface area (Å²) in [6.45, 7) is 6.29. The van der Waals surface area contributed by atoms with Crippen molar-refractivity contribution in [1.82, 2.24) is 5.32 Å². The first kappa shape index (κ1) is 17.5. The van der Waals surface area contributed by atoms with Crippen LogP contribution in [-0.4, -0.2) is 18.6 Å². The summed E-state index contributed by atoms with van der Waals surface area (Å²) in [6.07, 6.45) is 0.351. The number of halogens is 1. The van der Waals surface area contributed by atoms with Crippen LogP contribution in [0, 0.1) is 11.2 Å². The van der Waals surface area contributed by atoms with Crippen LogP contribution in [0.1, 0.15) is 25.6 Å². The zero-order chi connectivity index (χ0) is 16.9. The molecule has 1 heterocycles. The molecular weight excluding hydrogens is 313 g/mol. The van der Waals surface area contributed by atoms with Crippen molar-refractivity contribution in [1.29, 1.82) is 0 Å². The lowest BCUT2D eigenvalue weighted by Gasteiger charge is -2.31. The highest BCUT2D eigenvalue weighted by Crippen LogP contribution is 2.22. The number of thiophene rings is 1. The van der Waals surface area contributed by atoms with Gasteiger partial charge in [-0.2, -0.15) is 0 Å². The minimum absolute atomic E-state index is 0.0514. The average molecular weight is 335 g/mol.